The zero-order chi connectivity index (χ0) is 17.2. The first-order chi connectivity index (χ1) is 10.7. The van der Waals surface area contributed by atoms with Crippen molar-refractivity contribution in [2.75, 3.05) is 5.32 Å². The average Bonchev–Trinajstić information content (AvgIpc) is 2.81. The van der Waals surface area contributed by atoms with E-state index in [0.29, 0.717) is 5.56 Å². The number of carbonyl (C=O) groups is 2. The Morgan fingerprint density at radius 3 is 2.30 bits per heavy atom. The molecule has 0 aliphatic rings. The molecule has 2 rings (SSSR count). The minimum Gasteiger partial charge on any atom is -0.477 e. The largest absolute Gasteiger partial charge is 0.477 e. The third-order valence-corrected chi connectivity index (χ3v) is 3.94. The molecule has 1 amide bonds. The number of rotatable bonds is 3. The van der Waals surface area contributed by atoms with Crippen molar-refractivity contribution in [1.29, 1.82) is 0 Å². The van der Waals surface area contributed by atoms with Gasteiger partial charge in [0, 0.05) is 10.9 Å². The molecule has 0 unspecified atom stereocenters. The molecule has 23 heavy (non-hydrogen) atoms. The Hall–Kier alpha value is -2.34. The lowest BCUT2D eigenvalue weighted by atomic mass is 10.1. The second kappa shape index (κ2) is 6.42. The van der Waals surface area contributed by atoms with E-state index in [0.717, 1.165) is 22.5 Å². The molecule has 2 N–H and O–H groups in total. The van der Waals surface area contributed by atoms with Crippen LogP contribution in [0.1, 0.15) is 36.0 Å². The molecule has 0 saturated carbocycles. The zero-order valence-electron chi connectivity index (χ0n) is 13.5. The molecule has 0 radical (unpaired) electrons. The Labute approximate surface area is 138 Å². The Morgan fingerprint density at radius 1 is 1.17 bits per heavy atom. The molecule has 0 atom stereocenters. The van der Waals surface area contributed by atoms with Gasteiger partial charge in [0.05, 0.1) is 5.69 Å². The molecule has 1 heterocycles. The van der Waals surface area contributed by atoms with Crippen molar-refractivity contribution in [2.45, 2.75) is 33.3 Å². The number of carboxylic acids is 1. The fraction of sp³-hybridized carbons (Fsp3) is 0.294. The van der Waals surface area contributed by atoms with Crippen molar-refractivity contribution in [2.24, 2.45) is 0 Å². The summed E-state index contributed by atoms with van der Waals surface area (Å²) in [6, 6.07) is 7.65. The van der Waals surface area contributed by atoms with Crippen LogP contribution in [0.5, 0.6) is 0 Å². The molecule has 5 nitrogen and oxygen atoms in total. The predicted molar refractivity (Wildman–Crippen MR) is 91.3 cm³/mol. The SMILES string of the molecule is Cc1ccc(-c2csc(C(=O)O)c2NC(=O)OC(C)(C)C)cc1. The van der Waals surface area contributed by atoms with E-state index in [1.54, 1.807) is 26.2 Å². The number of anilines is 1. The van der Waals surface area contributed by atoms with E-state index in [-0.39, 0.29) is 10.6 Å². The van der Waals surface area contributed by atoms with Crippen LogP contribution in [-0.2, 0) is 4.74 Å². The molecule has 2 aromatic rings. The minimum atomic E-state index is -1.08. The number of thiophene rings is 1. The number of benzene rings is 1. The lowest BCUT2D eigenvalue weighted by Crippen LogP contribution is -2.27. The van der Waals surface area contributed by atoms with Gasteiger partial charge in [-0.15, -0.1) is 11.3 Å². The van der Waals surface area contributed by atoms with Gasteiger partial charge in [-0.3, -0.25) is 5.32 Å². The highest BCUT2D eigenvalue weighted by Gasteiger charge is 2.23. The summed E-state index contributed by atoms with van der Waals surface area (Å²) in [5.41, 5.74) is 2.21. The van der Waals surface area contributed by atoms with Crippen molar-refractivity contribution in [3.05, 3.63) is 40.1 Å². The Balaban J connectivity index is 2.39. The highest BCUT2D eigenvalue weighted by molar-refractivity contribution is 7.13. The van der Waals surface area contributed by atoms with Crippen LogP contribution in [0.4, 0.5) is 10.5 Å². The number of ether oxygens (including phenoxy) is 1. The van der Waals surface area contributed by atoms with E-state index in [4.69, 9.17) is 4.74 Å². The second-order valence-corrected chi connectivity index (χ2v) is 7.03. The van der Waals surface area contributed by atoms with E-state index < -0.39 is 17.7 Å². The number of amides is 1. The molecule has 0 aliphatic heterocycles. The Morgan fingerprint density at radius 2 is 1.78 bits per heavy atom. The molecule has 0 fully saturated rings. The number of hydrogen-bond acceptors (Lipinski definition) is 4. The summed E-state index contributed by atoms with van der Waals surface area (Å²) in [7, 11) is 0. The molecule has 0 saturated heterocycles. The summed E-state index contributed by atoms with van der Waals surface area (Å²) in [6.45, 7) is 7.22. The topological polar surface area (TPSA) is 75.6 Å². The van der Waals surface area contributed by atoms with Crippen LogP contribution >= 0.6 is 11.3 Å². The van der Waals surface area contributed by atoms with Gasteiger partial charge in [-0.05, 0) is 33.3 Å². The van der Waals surface area contributed by atoms with E-state index in [9.17, 15) is 14.7 Å². The molecule has 1 aromatic heterocycles. The average molecular weight is 333 g/mol. The van der Waals surface area contributed by atoms with Crippen molar-refractivity contribution in [1.82, 2.24) is 0 Å². The Kier molecular flexibility index (Phi) is 4.75. The maximum absolute atomic E-state index is 12.0. The van der Waals surface area contributed by atoms with Gasteiger partial charge in [-0.2, -0.15) is 0 Å². The molecular weight excluding hydrogens is 314 g/mol. The van der Waals surface area contributed by atoms with Gasteiger partial charge < -0.3 is 9.84 Å². The smallest absolute Gasteiger partial charge is 0.412 e. The summed E-state index contributed by atoms with van der Waals surface area (Å²) in [4.78, 5) is 23.5. The van der Waals surface area contributed by atoms with Crippen LogP contribution < -0.4 is 5.32 Å². The van der Waals surface area contributed by atoms with E-state index >= 15 is 0 Å². The van der Waals surface area contributed by atoms with E-state index in [1.807, 2.05) is 31.2 Å². The van der Waals surface area contributed by atoms with Crippen LogP contribution in [0.2, 0.25) is 0 Å². The number of aromatic carboxylic acids is 1. The van der Waals surface area contributed by atoms with Gasteiger partial charge in [-0.25, -0.2) is 9.59 Å². The van der Waals surface area contributed by atoms with Crippen LogP contribution in [0.3, 0.4) is 0 Å². The Bertz CT molecular complexity index is 726. The first kappa shape index (κ1) is 17.0. The molecule has 122 valence electrons. The molecule has 0 spiro atoms. The molecule has 0 aliphatic carbocycles. The maximum Gasteiger partial charge on any atom is 0.412 e. The summed E-state index contributed by atoms with van der Waals surface area (Å²) < 4.78 is 5.22. The molecule has 6 heteroatoms. The first-order valence-electron chi connectivity index (χ1n) is 7.09. The van der Waals surface area contributed by atoms with Crippen molar-refractivity contribution in [3.63, 3.8) is 0 Å². The summed E-state index contributed by atoms with van der Waals surface area (Å²) in [5, 5.41) is 13.6. The third kappa shape index (κ3) is 4.32. The summed E-state index contributed by atoms with van der Waals surface area (Å²) in [5.74, 6) is -1.08. The van der Waals surface area contributed by atoms with Crippen LogP contribution in [-0.4, -0.2) is 22.8 Å². The van der Waals surface area contributed by atoms with Gasteiger partial charge >= 0.3 is 12.1 Å². The number of carboxylic acid groups (broad SMARTS) is 1. The fourth-order valence-corrected chi connectivity index (χ4v) is 2.86. The molecular formula is C17H19NO4S. The van der Waals surface area contributed by atoms with Crippen molar-refractivity contribution >= 4 is 29.1 Å². The monoisotopic (exact) mass is 333 g/mol. The third-order valence-electron chi connectivity index (χ3n) is 2.97. The quantitative estimate of drug-likeness (QED) is 0.848. The van der Waals surface area contributed by atoms with Gasteiger partial charge in [0.2, 0.25) is 0 Å². The predicted octanol–water partition coefficient (Wildman–Crippen LogP) is 4.77. The summed E-state index contributed by atoms with van der Waals surface area (Å²) in [6.07, 6.45) is -0.674. The number of nitrogens with one attached hydrogen (secondary N) is 1. The van der Waals surface area contributed by atoms with Gasteiger partial charge in [0.1, 0.15) is 10.5 Å². The first-order valence-corrected chi connectivity index (χ1v) is 7.97. The molecule has 0 bridgehead atoms. The standard InChI is InChI=1S/C17H19NO4S/c1-10-5-7-11(8-6-10)12-9-23-14(15(19)20)13(12)18-16(21)22-17(2,3)4/h5-9H,1-4H3,(H,18,21)(H,19,20). The lowest BCUT2D eigenvalue weighted by Gasteiger charge is -2.20. The number of hydrogen-bond donors (Lipinski definition) is 2. The highest BCUT2D eigenvalue weighted by Crippen LogP contribution is 2.36. The van der Waals surface area contributed by atoms with Crippen LogP contribution in [0.25, 0.3) is 11.1 Å². The van der Waals surface area contributed by atoms with Gasteiger partial charge in [0.25, 0.3) is 0 Å². The maximum atomic E-state index is 12.0. The number of aryl methyl sites for hydroxylation is 1. The number of carbonyl (C=O) groups excluding carboxylic acids is 1. The second-order valence-electron chi connectivity index (χ2n) is 6.15. The zero-order valence-corrected chi connectivity index (χ0v) is 14.3. The minimum absolute atomic E-state index is 0.0754. The summed E-state index contributed by atoms with van der Waals surface area (Å²) >= 11 is 1.07. The highest BCUT2D eigenvalue weighted by atomic mass is 32.1. The van der Waals surface area contributed by atoms with Gasteiger partial charge in [-0.1, -0.05) is 29.8 Å². The fourth-order valence-electron chi connectivity index (χ4n) is 1.99. The van der Waals surface area contributed by atoms with E-state index in [2.05, 4.69) is 5.32 Å². The van der Waals surface area contributed by atoms with Crippen molar-refractivity contribution < 1.29 is 19.4 Å². The normalized spacial score (nSPS) is 11.1. The lowest BCUT2D eigenvalue weighted by molar-refractivity contribution is 0.0636. The van der Waals surface area contributed by atoms with Crippen LogP contribution in [0.15, 0.2) is 29.6 Å². The van der Waals surface area contributed by atoms with E-state index in [1.165, 1.54) is 0 Å². The van der Waals surface area contributed by atoms with Gasteiger partial charge in [0.15, 0.2) is 0 Å². The van der Waals surface area contributed by atoms with Crippen molar-refractivity contribution in [3.8, 4) is 11.1 Å². The van der Waals surface area contributed by atoms with Crippen LogP contribution in [0, 0.1) is 6.92 Å². The molecule has 1 aromatic carbocycles.